The van der Waals surface area contributed by atoms with E-state index in [4.69, 9.17) is 19.6 Å². The SMILES string of the molecule is COc1ccc(N=C2S/C(=C\c3ccc(OCC(N)=O)cc3)C(=O)N2Cc2ccco2)cc1. The van der Waals surface area contributed by atoms with Crippen molar-refractivity contribution in [2.45, 2.75) is 6.54 Å². The molecule has 2 amide bonds. The number of ether oxygens (including phenoxy) is 2. The van der Waals surface area contributed by atoms with Crippen LogP contribution in [-0.4, -0.2) is 35.6 Å². The van der Waals surface area contributed by atoms with Gasteiger partial charge in [0, 0.05) is 0 Å². The number of benzene rings is 2. The maximum absolute atomic E-state index is 13.2. The highest BCUT2D eigenvalue weighted by Crippen LogP contribution is 2.35. The van der Waals surface area contributed by atoms with E-state index in [1.807, 2.05) is 30.3 Å². The molecule has 1 saturated heterocycles. The number of carbonyl (C=O) groups excluding carboxylic acids is 2. The molecule has 1 aliphatic rings. The second kappa shape index (κ2) is 10.1. The Balaban J connectivity index is 1.59. The van der Waals surface area contributed by atoms with Crippen LogP contribution in [0.4, 0.5) is 5.69 Å². The molecule has 33 heavy (non-hydrogen) atoms. The number of furan rings is 1. The van der Waals surface area contributed by atoms with Crippen molar-refractivity contribution in [1.29, 1.82) is 0 Å². The lowest BCUT2D eigenvalue weighted by molar-refractivity contribution is -0.123. The third kappa shape index (κ3) is 5.64. The Labute approximate surface area is 194 Å². The Bertz CT molecular complexity index is 1190. The van der Waals surface area contributed by atoms with E-state index in [2.05, 4.69) is 4.99 Å². The summed E-state index contributed by atoms with van der Waals surface area (Å²) in [7, 11) is 1.60. The minimum Gasteiger partial charge on any atom is -0.497 e. The number of hydrogen-bond acceptors (Lipinski definition) is 7. The van der Waals surface area contributed by atoms with E-state index in [-0.39, 0.29) is 19.1 Å². The van der Waals surface area contributed by atoms with Crippen molar-refractivity contribution in [2.75, 3.05) is 13.7 Å². The van der Waals surface area contributed by atoms with Crippen LogP contribution >= 0.6 is 11.8 Å². The molecule has 0 aliphatic carbocycles. The van der Waals surface area contributed by atoms with Crippen molar-refractivity contribution in [1.82, 2.24) is 4.90 Å². The van der Waals surface area contributed by atoms with Crippen molar-refractivity contribution in [3.05, 3.63) is 83.2 Å². The molecule has 168 valence electrons. The zero-order chi connectivity index (χ0) is 23.2. The molecule has 0 bridgehead atoms. The van der Waals surface area contributed by atoms with E-state index >= 15 is 0 Å². The molecule has 1 aromatic heterocycles. The maximum atomic E-state index is 13.2. The Morgan fingerprint density at radius 1 is 1.12 bits per heavy atom. The first kappa shape index (κ1) is 22.2. The standard InChI is InChI=1S/C24H21N3O5S/c1-30-18-10-6-17(7-11-18)26-24-27(14-20-3-2-12-31-20)23(29)21(33-24)13-16-4-8-19(9-5-16)32-15-22(25)28/h2-13H,14-15H2,1H3,(H2,25,28)/b21-13-,26-24?. The average Bonchev–Trinajstić information content (AvgIpc) is 3.43. The molecule has 0 unspecified atom stereocenters. The number of nitrogens with two attached hydrogens (primary N) is 1. The maximum Gasteiger partial charge on any atom is 0.267 e. The fourth-order valence-electron chi connectivity index (χ4n) is 3.02. The lowest BCUT2D eigenvalue weighted by Crippen LogP contribution is -2.28. The van der Waals surface area contributed by atoms with Gasteiger partial charge >= 0.3 is 0 Å². The number of methoxy groups -OCH3 is 1. The van der Waals surface area contributed by atoms with Crippen LogP contribution in [0.25, 0.3) is 6.08 Å². The molecule has 1 fully saturated rings. The number of nitrogens with zero attached hydrogens (tertiary/aromatic N) is 2. The quantitative estimate of drug-likeness (QED) is 0.507. The topological polar surface area (TPSA) is 107 Å². The van der Waals surface area contributed by atoms with Gasteiger partial charge in [-0.25, -0.2) is 4.99 Å². The minimum absolute atomic E-state index is 0.169. The highest BCUT2D eigenvalue weighted by molar-refractivity contribution is 8.18. The summed E-state index contributed by atoms with van der Waals surface area (Å²) in [5.74, 6) is 1.18. The zero-order valence-electron chi connectivity index (χ0n) is 17.8. The monoisotopic (exact) mass is 463 g/mol. The Hall–Kier alpha value is -3.98. The molecule has 0 saturated carbocycles. The Kier molecular flexibility index (Phi) is 6.80. The van der Waals surface area contributed by atoms with Crippen LogP contribution in [0.2, 0.25) is 0 Å². The van der Waals surface area contributed by atoms with Crippen LogP contribution in [0.15, 0.2) is 81.2 Å². The van der Waals surface area contributed by atoms with Gasteiger partial charge in [0.25, 0.3) is 11.8 Å². The average molecular weight is 464 g/mol. The van der Waals surface area contributed by atoms with Crippen LogP contribution in [0.3, 0.4) is 0 Å². The second-order valence-corrected chi connectivity index (χ2v) is 8.01. The summed E-state index contributed by atoms with van der Waals surface area (Å²) < 4.78 is 15.9. The van der Waals surface area contributed by atoms with Crippen LogP contribution < -0.4 is 15.2 Å². The summed E-state index contributed by atoms with van der Waals surface area (Å²) in [5, 5.41) is 0.550. The minimum atomic E-state index is -0.547. The van der Waals surface area contributed by atoms with E-state index in [1.54, 1.807) is 54.7 Å². The third-order valence-corrected chi connectivity index (χ3v) is 5.64. The molecule has 0 radical (unpaired) electrons. The number of carbonyl (C=O) groups is 2. The predicted octanol–water partition coefficient (Wildman–Crippen LogP) is 3.96. The van der Waals surface area contributed by atoms with Gasteiger partial charge < -0.3 is 19.6 Å². The molecule has 2 heterocycles. The van der Waals surface area contributed by atoms with E-state index in [1.165, 1.54) is 11.8 Å². The number of primary amides is 1. The van der Waals surface area contributed by atoms with Crippen molar-refractivity contribution >= 4 is 40.5 Å². The molecule has 4 rings (SSSR count). The molecule has 9 heteroatoms. The number of aliphatic imine (C=N–C) groups is 1. The summed E-state index contributed by atoms with van der Waals surface area (Å²) in [6, 6.07) is 17.9. The molecule has 3 aromatic rings. The normalized spacial score (nSPS) is 15.9. The van der Waals surface area contributed by atoms with Gasteiger partial charge in [-0.05, 0) is 71.9 Å². The molecule has 1 aliphatic heterocycles. The lowest BCUT2D eigenvalue weighted by Gasteiger charge is -2.13. The smallest absolute Gasteiger partial charge is 0.267 e. The highest BCUT2D eigenvalue weighted by atomic mass is 32.2. The number of thioether (sulfide) groups is 1. The third-order valence-electron chi connectivity index (χ3n) is 4.64. The fourth-order valence-corrected chi connectivity index (χ4v) is 4.02. The summed E-state index contributed by atoms with van der Waals surface area (Å²) in [5.41, 5.74) is 6.60. The second-order valence-electron chi connectivity index (χ2n) is 7.00. The number of amides is 2. The summed E-state index contributed by atoms with van der Waals surface area (Å²) >= 11 is 1.29. The number of amidine groups is 1. The van der Waals surface area contributed by atoms with Gasteiger partial charge in [-0.1, -0.05) is 12.1 Å². The van der Waals surface area contributed by atoms with E-state index in [9.17, 15) is 9.59 Å². The number of hydrogen-bond donors (Lipinski definition) is 1. The van der Waals surface area contributed by atoms with Gasteiger partial charge in [0.2, 0.25) is 0 Å². The van der Waals surface area contributed by atoms with Gasteiger partial charge in [0.05, 0.1) is 30.5 Å². The summed E-state index contributed by atoms with van der Waals surface area (Å²) in [6.07, 6.45) is 3.36. The largest absolute Gasteiger partial charge is 0.497 e. The van der Waals surface area contributed by atoms with Gasteiger partial charge in [0.1, 0.15) is 17.3 Å². The van der Waals surface area contributed by atoms with Crippen molar-refractivity contribution in [3.63, 3.8) is 0 Å². The van der Waals surface area contributed by atoms with Crippen LogP contribution in [0.5, 0.6) is 11.5 Å². The molecule has 2 N–H and O–H groups in total. The molecular formula is C24H21N3O5S. The van der Waals surface area contributed by atoms with Gasteiger partial charge in [-0.3, -0.25) is 14.5 Å². The van der Waals surface area contributed by atoms with Crippen LogP contribution in [0, 0.1) is 0 Å². The van der Waals surface area contributed by atoms with Crippen LogP contribution in [0.1, 0.15) is 11.3 Å². The van der Waals surface area contributed by atoms with Gasteiger partial charge in [-0.2, -0.15) is 0 Å². The van der Waals surface area contributed by atoms with Crippen molar-refractivity contribution in [2.24, 2.45) is 10.7 Å². The van der Waals surface area contributed by atoms with Crippen molar-refractivity contribution < 1.29 is 23.5 Å². The summed E-state index contributed by atoms with van der Waals surface area (Å²) in [4.78, 5) is 30.9. The zero-order valence-corrected chi connectivity index (χ0v) is 18.6. The van der Waals surface area contributed by atoms with Crippen molar-refractivity contribution in [3.8, 4) is 11.5 Å². The fraction of sp³-hybridized carbons (Fsp3) is 0.125. The Morgan fingerprint density at radius 3 is 2.48 bits per heavy atom. The molecule has 2 aromatic carbocycles. The lowest BCUT2D eigenvalue weighted by atomic mass is 10.2. The van der Waals surface area contributed by atoms with Gasteiger partial charge in [-0.15, -0.1) is 0 Å². The predicted molar refractivity (Wildman–Crippen MR) is 126 cm³/mol. The highest BCUT2D eigenvalue weighted by Gasteiger charge is 2.34. The van der Waals surface area contributed by atoms with E-state index in [0.29, 0.717) is 27.3 Å². The molecule has 8 nitrogen and oxygen atoms in total. The van der Waals surface area contributed by atoms with Crippen LogP contribution in [-0.2, 0) is 16.1 Å². The Morgan fingerprint density at radius 2 is 1.85 bits per heavy atom. The van der Waals surface area contributed by atoms with Gasteiger partial charge in [0.15, 0.2) is 11.8 Å². The summed E-state index contributed by atoms with van der Waals surface area (Å²) in [6.45, 7) is 0.0761. The molecular weight excluding hydrogens is 442 g/mol. The number of rotatable bonds is 8. The first-order valence-electron chi connectivity index (χ1n) is 9.99. The molecule has 0 atom stereocenters. The van der Waals surface area contributed by atoms with E-state index < -0.39 is 5.91 Å². The van der Waals surface area contributed by atoms with E-state index in [0.717, 1.165) is 11.3 Å². The first-order valence-corrected chi connectivity index (χ1v) is 10.8. The first-order chi connectivity index (χ1) is 16.0. The molecule has 0 spiro atoms.